The number of fused-ring (bicyclic) bond motifs is 1. The van der Waals surface area contributed by atoms with Crippen molar-refractivity contribution in [3.05, 3.63) is 35.0 Å². The van der Waals surface area contributed by atoms with Gasteiger partial charge in [-0.1, -0.05) is 11.6 Å². The van der Waals surface area contributed by atoms with Gasteiger partial charge in [-0.3, -0.25) is 4.98 Å². The van der Waals surface area contributed by atoms with Crippen molar-refractivity contribution in [3.8, 4) is 5.75 Å². The Kier molecular flexibility index (Phi) is 2.30. The van der Waals surface area contributed by atoms with Crippen molar-refractivity contribution in [1.29, 1.82) is 0 Å². The summed E-state index contributed by atoms with van der Waals surface area (Å²) in [5.41, 5.74) is 1.92. The summed E-state index contributed by atoms with van der Waals surface area (Å²) in [6, 6.07) is 5.62. The van der Waals surface area contributed by atoms with Crippen LogP contribution in [-0.4, -0.2) is 12.1 Å². The van der Waals surface area contributed by atoms with E-state index in [0.29, 0.717) is 0 Å². The molecule has 0 atom stereocenters. The molecule has 0 aliphatic rings. The summed E-state index contributed by atoms with van der Waals surface area (Å²) < 4.78 is 5.21. The van der Waals surface area contributed by atoms with Crippen molar-refractivity contribution in [1.82, 2.24) is 4.98 Å². The smallest absolute Gasteiger partial charge is 0.123 e. The topological polar surface area (TPSA) is 22.1 Å². The third-order valence-corrected chi connectivity index (χ3v) is 2.61. The zero-order valence-corrected chi connectivity index (χ0v) is 8.80. The van der Waals surface area contributed by atoms with Crippen molar-refractivity contribution in [2.24, 2.45) is 0 Å². The van der Waals surface area contributed by atoms with Crippen LogP contribution in [0.4, 0.5) is 0 Å². The second-order valence-electron chi connectivity index (χ2n) is 3.08. The van der Waals surface area contributed by atoms with Gasteiger partial charge in [0, 0.05) is 17.1 Å². The van der Waals surface area contributed by atoms with Crippen LogP contribution in [-0.2, 0) is 0 Å². The molecule has 2 nitrogen and oxygen atoms in total. The molecule has 2 aromatic rings. The monoisotopic (exact) mass is 207 g/mol. The Bertz CT molecular complexity index is 482. The van der Waals surface area contributed by atoms with Crippen molar-refractivity contribution in [2.45, 2.75) is 6.92 Å². The van der Waals surface area contributed by atoms with Crippen molar-refractivity contribution >= 4 is 22.5 Å². The van der Waals surface area contributed by atoms with Crippen molar-refractivity contribution in [2.75, 3.05) is 7.11 Å². The first-order valence-electron chi connectivity index (χ1n) is 4.32. The maximum atomic E-state index is 6.04. The van der Waals surface area contributed by atoms with E-state index in [0.717, 1.165) is 27.2 Å². The van der Waals surface area contributed by atoms with E-state index in [2.05, 4.69) is 4.98 Å². The zero-order chi connectivity index (χ0) is 10.1. The van der Waals surface area contributed by atoms with Crippen molar-refractivity contribution < 1.29 is 4.74 Å². The van der Waals surface area contributed by atoms with Gasteiger partial charge in [-0.15, -0.1) is 0 Å². The second kappa shape index (κ2) is 3.46. The van der Waals surface area contributed by atoms with Crippen LogP contribution in [0.5, 0.6) is 5.75 Å². The van der Waals surface area contributed by atoms with Gasteiger partial charge in [-0.05, 0) is 25.1 Å². The molecule has 1 aromatic carbocycles. The molecule has 0 saturated carbocycles. The number of hydrogen-bond donors (Lipinski definition) is 0. The second-order valence-corrected chi connectivity index (χ2v) is 3.49. The van der Waals surface area contributed by atoms with Gasteiger partial charge in [0.05, 0.1) is 17.6 Å². The van der Waals surface area contributed by atoms with Gasteiger partial charge in [0.25, 0.3) is 0 Å². The quantitative estimate of drug-likeness (QED) is 0.717. The minimum Gasteiger partial charge on any atom is -0.496 e. The van der Waals surface area contributed by atoms with Gasteiger partial charge in [-0.2, -0.15) is 0 Å². The lowest BCUT2D eigenvalue weighted by Gasteiger charge is -2.07. The Hall–Kier alpha value is -1.28. The minimum atomic E-state index is 0.723. The summed E-state index contributed by atoms with van der Waals surface area (Å²) >= 11 is 6.04. The van der Waals surface area contributed by atoms with Crippen LogP contribution >= 0.6 is 11.6 Å². The normalized spacial score (nSPS) is 10.5. The van der Waals surface area contributed by atoms with E-state index < -0.39 is 0 Å². The third kappa shape index (κ3) is 1.32. The number of hydrogen-bond acceptors (Lipinski definition) is 2. The summed E-state index contributed by atoms with van der Waals surface area (Å²) in [4.78, 5) is 4.29. The molecule has 0 unspecified atom stereocenters. The molecule has 3 heteroatoms. The van der Waals surface area contributed by atoms with Crippen LogP contribution in [0.2, 0.25) is 5.02 Å². The summed E-state index contributed by atoms with van der Waals surface area (Å²) in [6.45, 7) is 1.98. The van der Waals surface area contributed by atoms with E-state index in [4.69, 9.17) is 16.3 Å². The first-order chi connectivity index (χ1) is 6.74. The highest BCUT2D eigenvalue weighted by molar-refractivity contribution is 6.35. The molecular weight excluding hydrogens is 198 g/mol. The van der Waals surface area contributed by atoms with Gasteiger partial charge < -0.3 is 4.74 Å². The maximum absolute atomic E-state index is 6.04. The number of benzene rings is 1. The van der Waals surface area contributed by atoms with E-state index >= 15 is 0 Å². The Morgan fingerprint density at radius 3 is 2.79 bits per heavy atom. The van der Waals surface area contributed by atoms with Gasteiger partial charge in [0.15, 0.2) is 0 Å². The highest BCUT2D eigenvalue weighted by Crippen LogP contribution is 2.29. The molecule has 0 bridgehead atoms. The molecule has 0 N–H and O–H groups in total. The van der Waals surface area contributed by atoms with E-state index in [1.807, 2.05) is 19.1 Å². The Morgan fingerprint density at radius 2 is 2.07 bits per heavy atom. The van der Waals surface area contributed by atoms with E-state index in [1.165, 1.54) is 0 Å². The van der Waals surface area contributed by atoms with Gasteiger partial charge >= 0.3 is 0 Å². The average Bonchev–Trinajstić information content (AvgIpc) is 2.20. The van der Waals surface area contributed by atoms with E-state index in [9.17, 15) is 0 Å². The van der Waals surface area contributed by atoms with Crippen LogP contribution in [0.1, 0.15) is 5.56 Å². The average molecular weight is 208 g/mol. The number of rotatable bonds is 1. The fourth-order valence-corrected chi connectivity index (χ4v) is 1.74. The van der Waals surface area contributed by atoms with Gasteiger partial charge in [-0.25, -0.2) is 0 Å². The Labute approximate surface area is 87.5 Å². The molecule has 0 spiro atoms. The maximum Gasteiger partial charge on any atom is 0.123 e. The summed E-state index contributed by atoms with van der Waals surface area (Å²) in [5, 5.41) is 1.69. The predicted octanol–water partition coefficient (Wildman–Crippen LogP) is 3.21. The molecule has 1 heterocycles. The van der Waals surface area contributed by atoms with Crippen LogP contribution in [0, 0.1) is 6.92 Å². The fraction of sp³-hybridized carbons (Fsp3) is 0.182. The first-order valence-corrected chi connectivity index (χ1v) is 4.69. The zero-order valence-electron chi connectivity index (χ0n) is 8.04. The SMILES string of the molecule is COc1ccc2c(Cl)ccnc2c1C. The molecule has 14 heavy (non-hydrogen) atoms. The lowest BCUT2D eigenvalue weighted by atomic mass is 10.1. The van der Waals surface area contributed by atoms with Crippen LogP contribution in [0.15, 0.2) is 24.4 Å². The fourth-order valence-electron chi connectivity index (χ4n) is 1.53. The molecular formula is C11H10ClNO. The Balaban J connectivity index is 2.84. The molecule has 0 radical (unpaired) electrons. The number of aromatic nitrogens is 1. The number of nitrogens with zero attached hydrogens (tertiary/aromatic N) is 1. The number of methoxy groups -OCH3 is 1. The number of ether oxygens (including phenoxy) is 1. The Morgan fingerprint density at radius 1 is 1.29 bits per heavy atom. The standard InChI is InChI=1S/C11H10ClNO/c1-7-10(14-2)4-3-8-9(12)5-6-13-11(7)8/h3-6H,1-2H3. The largest absolute Gasteiger partial charge is 0.496 e. The molecule has 0 aliphatic heterocycles. The highest BCUT2D eigenvalue weighted by atomic mass is 35.5. The van der Waals surface area contributed by atoms with E-state index in [1.54, 1.807) is 19.4 Å². The predicted molar refractivity (Wildman–Crippen MR) is 58.0 cm³/mol. The number of aryl methyl sites for hydroxylation is 1. The highest BCUT2D eigenvalue weighted by Gasteiger charge is 2.06. The lowest BCUT2D eigenvalue weighted by molar-refractivity contribution is 0.412. The number of halogens is 1. The summed E-state index contributed by atoms with van der Waals surface area (Å²) in [6.07, 6.45) is 1.71. The molecule has 0 amide bonds. The van der Waals surface area contributed by atoms with Crippen molar-refractivity contribution in [3.63, 3.8) is 0 Å². The summed E-state index contributed by atoms with van der Waals surface area (Å²) in [7, 11) is 1.65. The third-order valence-electron chi connectivity index (χ3n) is 2.28. The first kappa shape index (κ1) is 9.28. The molecule has 0 saturated heterocycles. The summed E-state index contributed by atoms with van der Waals surface area (Å²) in [5.74, 6) is 0.840. The van der Waals surface area contributed by atoms with Crippen LogP contribution in [0.3, 0.4) is 0 Å². The molecule has 0 fully saturated rings. The van der Waals surface area contributed by atoms with Crippen LogP contribution < -0.4 is 4.74 Å². The molecule has 0 aliphatic carbocycles. The number of pyridine rings is 1. The molecule has 1 aromatic heterocycles. The van der Waals surface area contributed by atoms with Crippen LogP contribution in [0.25, 0.3) is 10.9 Å². The lowest BCUT2D eigenvalue weighted by Crippen LogP contribution is -1.90. The molecule has 72 valence electrons. The van der Waals surface area contributed by atoms with E-state index in [-0.39, 0.29) is 0 Å². The van der Waals surface area contributed by atoms with Gasteiger partial charge in [0.1, 0.15) is 5.75 Å². The molecule has 2 rings (SSSR count). The minimum absolute atomic E-state index is 0.723. The van der Waals surface area contributed by atoms with Gasteiger partial charge in [0.2, 0.25) is 0 Å².